The number of piperidine rings is 2. The molecular weight excluding hydrogens is 385 g/mol. The Hall–Kier alpha value is -2.55. The van der Waals surface area contributed by atoms with Crippen LogP contribution in [0, 0.1) is 11.7 Å². The van der Waals surface area contributed by atoms with Crippen LogP contribution in [0.2, 0.25) is 0 Å². The molecule has 0 spiro atoms. The van der Waals surface area contributed by atoms with Crippen molar-refractivity contribution in [3.05, 3.63) is 53.6 Å². The lowest BCUT2D eigenvalue weighted by atomic mass is 9.67. The molecule has 3 atom stereocenters. The van der Waals surface area contributed by atoms with Crippen molar-refractivity contribution in [2.45, 2.75) is 18.1 Å². The van der Waals surface area contributed by atoms with Gasteiger partial charge in [-0.2, -0.15) is 0 Å². The topological polar surface area (TPSA) is 94.7 Å². The minimum absolute atomic E-state index is 0.0939. The molecule has 0 aliphatic carbocycles. The van der Waals surface area contributed by atoms with Gasteiger partial charge in [0.2, 0.25) is 0 Å². The zero-order chi connectivity index (χ0) is 21.5. The molecule has 3 heterocycles. The fourth-order valence-electron chi connectivity index (χ4n) is 5.02. The van der Waals surface area contributed by atoms with Gasteiger partial charge in [-0.15, -0.1) is 0 Å². The summed E-state index contributed by atoms with van der Waals surface area (Å²) in [5, 5.41) is 14.1. The summed E-state index contributed by atoms with van der Waals surface area (Å²) < 4.78 is 14.6. The van der Waals surface area contributed by atoms with E-state index in [-0.39, 0.29) is 11.7 Å². The summed E-state index contributed by atoms with van der Waals surface area (Å²) in [6, 6.07) is 8.34. The number of halogens is 1. The van der Waals surface area contributed by atoms with Gasteiger partial charge in [-0.25, -0.2) is 9.18 Å². The molecule has 2 bridgehead atoms. The molecule has 2 aromatic rings. The van der Waals surface area contributed by atoms with E-state index in [1.165, 1.54) is 6.07 Å². The average molecular weight is 413 g/mol. The molecule has 2 fully saturated rings. The summed E-state index contributed by atoms with van der Waals surface area (Å²) >= 11 is 0. The molecule has 2 aliphatic rings. The molecule has 0 saturated carbocycles. The van der Waals surface area contributed by atoms with Crippen molar-refractivity contribution in [1.29, 1.82) is 0 Å². The summed E-state index contributed by atoms with van der Waals surface area (Å²) in [5.41, 5.74) is 7.55. The van der Waals surface area contributed by atoms with E-state index in [0.29, 0.717) is 49.5 Å². The monoisotopic (exact) mass is 413 g/mol. The summed E-state index contributed by atoms with van der Waals surface area (Å²) in [4.78, 5) is 20.3. The third kappa shape index (κ3) is 3.55. The van der Waals surface area contributed by atoms with Gasteiger partial charge >= 0.3 is 6.03 Å². The van der Waals surface area contributed by atoms with Crippen molar-refractivity contribution in [2.75, 3.05) is 40.3 Å². The molecule has 7 nitrogen and oxygen atoms in total. The van der Waals surface area contributed by atoms with Crippen molar-refractivity contribution in [2.24, 2.45) is 11.7 Å². The number of carbonyl (C=O) groups is 1. The molecule has 2 saturated heterocycles. The van der Waals surface area contributed by atoms with Gasteiger partial charge in [0, 0.05) is 56.0 Å². The second kappa shape index (κ2) is 7.94. The van der Waals surface area contributed by atoms with Crippen LogP contribution < -0.4 is 11.1 Å². The lowest BCUT2D eigenvalue weighted by Gasteiger charge is -2.54. The Bertz CT molecular complexity index is 938. The SMILES string of the molecule is CNCc1ccc(-c2ccc(C34CN(C)CC(CN(C(N)=O)C3)C4O)nc2)c(F)c1. The second-order valence-electron chi connectivity index (χ2n) is 8.55. The number of nitrogens with zero attached hydrogens (tertiary/aromatic N) is 3. The number of nitrogens with two attached hydrogens (primary N) is 1. The predicted octanol–water partition coefficient (Wildman–Crippen LogP) is 1.16. The molecule has 4 rings (SSSR count). The van der Waals surface area contributed by atoms with Gasteiger partial charge in [0.15, 0.2) is 0 Å². The van der Waals surface area contributed by atoms with Crippen molar-refractivity contribution in [3.8, 4) is 11.1 Å². The molecule has 0 radical (unpaired) electrons. The summed E-state index contributed by atoms with van der Waals surface area (Å²) in [6.07, 6.45) is 1.01. The molecule has 3 unspecified atom stereocenters. The van der Waals surface area contributed by atoms with Crippen LogP contribution in [-0.2, 0) is 12.0 Å². The smallest absolute Gasteiger partial charge is 0.314 e. The predicted molar refractivity (Wildman–Crippen MR) is 112 cm³/mol. The quantitative estimate of drug-likeness (QED) is 0.699. The molecule has 4 N–H and O–H groups in total. The molecule has 1 aromatic heterocycles. The van der Waals surface area contributed by atoms with Crippen molar-refractivity contribution >= 4 is 6.03 Å². The molecule has 2 aliphatic heterocycles. The second-order valence-corrected chi connectivity index (χ2v) is 8.55. The summed E-state index contributed by atoms with van der Waals surface area (Å²) in [5.74, 6) is -0.394. The van der Waals surface area contributed by atoms with Crippen LogP contribution in [0.25, 0.3) is 11.1 Å². The number of amides is 2. The number of nitrogens with one attached hydrogen (secondary N) is 1. The van der Waals surface area contributed by atoms with Crippen LogP contribution in [-0.4, -0.2) is 72.3 Å². The third-order valence-corrected chi connectivity index (χ3v) is 6.35. The maximum absolute atomic E-state index is 14.6. The molecule has 30 heavy (non-hydrogen) atoms. The third-order valence-electron chi connectivity index (χ3n) is 6.35. The summed E-state index contributed by atoms with van der Waals surface area (Å²) in [7, 11) is 3.82. The molecule has 160 valence electrons. The van der Waals surface area contributed by atoms with E-state index in [1.54, 1.807) is 17.2 Å². The number of carbonyl (C=O) groups excluding carboxylic acids is 1. The Morgan fingerprint density at radius 2 is 2.13 bits per heavy atom. The first-order valence-electron chi connectivity index (χ1n) is 10.1. The number of rotatable bonds is 4. The Kier molecular flexibility index (Phi) is 5.48. The largest absolute Gasteiger partial charge is 0.392 e. The number of primary amides is 1. The Balaban J connectivity index is 1.67. The number of urea groups is 1. The van der Waals surface area contributed by atoms with Gasteiger partial charge in [0.25, 0.3) is 0 Å². The van der Waals surface area contributed by atoms with Crippen LogP contribution >= 0.6 is 0 Å². The molecule has 1 aromatic carbocycles. The van der Waals surface area contributed by atoms with Crippen LogP contribution in [0.5, 0.6) is 0 Å². The van der Waals surface area contributed by atoms with Crippen LogP contribution in [0.1, 0.15) is 11.3 Å². The standard InChI is InChI=1S/C22H28FN5O2/c1-25-8-14-3-5-17(18(23)7-14)15-4-6-19(26-9-15)22-12-27(2)10-16(20(22)29)11-28(13-22)21(24)30/h3-7,9,16,20,25,29H,8,10-13H2,1-2H3,(H2,24,30). The highest BCUT2D eigenvalue weighted by Crippen LogP contribution is 2.41. The zero-order valence-electron chi connectivity index (χ0n) is 17.3. The lowest BCUT2D eigenvalue weighted by Crippen LogP contribution is -2.69. The van der Waals surface area contributed by atoms with Gasteiger partial charge in [0.05, 0.1) is 17.2 Å². The average Bonchev–Trinajstić information content (AvgIpc) is 2.69. The number of hydrogen-bond donors (Lipinski definition) is 3. The molecule has 2 amide bonds. The normalized spacial score (nSPS) is 26.6. The van der Waals surface area contributed by atoms with Gasteiger partial charge in [-0.3, -0.25) is 4.98 Å². The fourth-order valence-corrected chi connectivity index (χ4v) is 5.02. The van der Waals surface area contributed by atoms with Crippen LogP contribution in [0.15, 0.2) is 36.5 Å². The van der Waals surface area contributed by atoms with E-state index in [4.69, 9.17) is 5.73 Å². The first kappa shape index (κ1) is 20.7. The number of likely N-dealkylation sites (tertiary alicyclic amines) is 2. The van der Waals surface area contributed by atoms with Crippen molar-refractivity contribution in [3.63, 3.8) is 0 Å². The van der Waals surface area contributed by atoms with Gasteiger partial charge < -0.3 is 26.0 Å². The van der Waals surface area contributed by atoms with Gasteiger partial charge in [-0.1, -0.05) is 18.2 Å². The number of pyridine rings is 1. The maximum Gasteiger partial charge on any atom is 0.314 e. The molecular formula is C22H28FN5O2. The van der Waals surface area contributed by atoms with Gasteiger partial charge in [0.1, 0.15) is 5.82 Å². The van der Waals surface area contributed by atoms with Crippen molar-refractivity contribution in [1.82, 2.24) is 20.1 Å². The van der Waals surface area contributed by atoms with Crippen LogP contribution in [0.4, 0.5) is 9.18 Å². The minimum Gasteiger partial charge on any atom is -0.392 e. The number of likely N-dealkylation sites (N-methyl/N-ethyl adjacent to an activating group) is 1. The fraction of sp³-hybridized carbons (Fsp3) is 0.455. The van der Waals surface area contributed by atoms with E-state index < -0.39 is 17.6 Å². The van der Waals surface area contributed by atoms with E-state index in [1.807, 2.05) is 32.3 Å². The zero-order valence-corrected chi connectivity index (χ0v) is 17.3. The lowest BCUT2D eigenvalue weighted by molar-refractivity contribution is -0.0834. The first-order valence-corrected chi connectivity index (χ1v) is 10.1. The number of hydrogen-bond acceptors (Lipinski definition) is 5. The Labute approximate surface area is 175 Å². The molecule has 8 heteroatoms. The number of aliphatic hydroxyl groups is 1. The summed E-state index contributed by atoms with van der Waals surface area (Å²) in [6.45, 7) is 2.59. The number of aliphatic hydroxyl groups excluding tert-OH is 1. The van der Waals surface area contributed by atoms with Crippen LogP contribution in [0.3, 0.4) is 0 Å². The number of aromatic nitrogens is 1. The highest BCUT2D eigenvalue weighted by atomic mass is 19.1. The van der Waals surface area contributed by atoms with E-state index in [9.17, 15) is 14.3 Å². The van der Waals surface area contributed by atoms with E-state index >= 15 is 0 Å². The Morgan fingerprint density at radius 1 is 1.33 bits per heavy atom. The highest BCUT2D eigenvalue weighted by molar-refractivity contribution is 5.72. The first-order chi connectivity index (χ1) is 14.3. The maximum atomic E-state index is 14.6. The number of benzene rings is 1. The van der Waals surface area contributed by atoms with Crippen molar-refractivity contribution < 1.29 is 14.3 Å². The van der Waals surface area contributed by atoms with E-state index in [0.717, 1.165) is 5.56 Å². The van der Waals surface area contributed by atoms with Gasteiger partial charge in [-0.05, 0) is 31.8 Å². The van der Waals surface area contributed by atoms with E-state index in [2.05, 4.69) is 15.2 Å². The minimum atomic E-state index is -0.724. The number of fused-ring (bicyclic) bond motifs is 2. The Morgan fingerprint density at radius 3 is 2.77 bits per heavy atom. The highest BCUT2D eigenvalue weighted by Gasteiger charge is 2.54.